The number of benzene rings is 2. The zero-order chi connectivity index (χ0) is 20.3. The fourth-order valence-corrected chi connectivity index (χ4v) is 3.14. The largest absolute Gasteiger partial charge is 0.362 e. The molecule has 1 amide bonds. The number of aromatic nitrogens is 4. The Labute approximate surface area is 172 Å². The van der Waals surface area contributed by atoms with Crippen molar-refractivity contribution >= 4 is 56.4 Å². The third kappa shape index (κ3) is 4.12. The lowest BCUT2D eigenvalue weighted by Crippen LogP contribution is -2.17. The average Bonchev–Trinajstić information content (AvgIpc) is 3.16. The summed E-state index contributed by atoms with van der Waals surface area (Å²) in [6.45, 7) is 5.15. The average molecular weight is 467 g/mol. The quantitative estimate of drug-likeness (QED) is 0.422. The van der Waals surface area contributed by atoms with Gasteiger partial charge >= 0.3 is 0 Å². The molecule has 0 unspecified atom stereocenters. The Hall–Kier alpha value is -2.98. The van der Waals surface area contributed by atoms with Crippen molar-refractivity contribution in [3.05, 3.63) is 63.5 Å². The molecule has 0 aliphatic heterocycles. The third-order valence-electron chi connectivity index (χ3n) is 3.77. The van der Waals surface area contributed by atoms with E-state index in [-0.39, 0.29) is 17.2 Å². The highest BCUT2D eigenvalue weighted by molar-refractivity contribution is 9.10. The van der Waals surface area contributed by atoms with E-state index in [1.807, 2.05) is 0 Å². The maximum Gasteiger partial charge on any atom is 0.270 e. The molecule has 8 nitrogen and oxygen atoms in total. The van der Waals surface area contributed by atoms with E-state index in [1.54, 1.807) is 25.1 Å². The highest BCUT2D eigenvalue weighted by Gasteiger charge is 2.22. The number of anilines is 4. The van der Waals surface area contributed by atoms with Gasteiger partial charge in [0.15, 0.2) is 5.82 Å². The van der Waals surface area contributed by atoms with Crippen LogP contribution in [-0.4, -0.2) is 26.5 Å². The number of nitrogens with zero attached hydrogens (tertiary/aromatic N) is 3. The number of amides is 1. The first-order valence-electron chi connectivity index (χ1n) is 7.88. The number of carbonyl (C=O) groups is 1. The first-order valence-corrected chi connectivity index (χ1v) is 9.05. The van der Waals surface area contributed by atoms with Gasteiger partial charge < -0.3 is 10.6 Å². The summed E-state index contributed by atoms with van der Waals surface area (Å²) in [5.74, 6) is -1.30. The lowest BCUT2D eigenvalue weighted by molar-refractivity contribution is 0.102. The molecule has 4 N–H and O–H groups in total. The fourth-order valence-electron chi connectivity index (χ4n) is 2.42. The Balaban J connectivity index is 2.08. The molecule has 0 aliphatic carbocycles. The van der Waals surface area contributed by atoms with E-state index >= 15 is 4.39 Å². The molecule has 2 aromatic carbocycles. The lowest BCUT2D eigenvalue weighted by atomic mass is 10.0. The van der Waals surface area contributed by atoms with Gasteiger partial charge in [-0.1, -0.05) is 39.2 Å². The van der Waals surface area contributed by atoms with Gasteiger partial charge in [0.25, 0.3) is 11.9 Å². The monoisotopic (exact) mass is 465 g/mol. The van der Waals surface area contributed by atoms with Gasteiger partial charge in [0.1, 0.15) is 0 Å². The third-order valence-corrected chi connectivity index (χ3v) is 4.58. The van der Waals surface area contributed by atoms with Crippen LogP contribution < -0.4 is 16.0 Å². The van der Waals surface area contributed by atoms with Crippen LogP contribution in [0.15, 0.2) is 41.5 Å². The number of aromatic amines is 1. The van der Waals surface area contributed by atoms with Crippen molar-refractivity contribution in [2.24, 2.45) is 0 Å². The lowest BCUT2D eigenvalue weighted by Gasteiger charge is -2.18. The standard InChI is InChI=1S/C17H14BrClFN7O/c1-3-21-13-7-10(16(28)23-17-24-26-27-25-17)15(14(20)8(13)2)22-12-5-4-9(18)6-11(12)19/h3-7,21-22H,1H2,2H3,(H2,23,24,25,26,27,28). The Kier molecular flexibility index (Phi) is 5.90. The van der Waals surface area contributed by atoms with Crippen LogP contribution in [0.5, 0.6) is 0 Å². The fraction of sp³-hybridized carbons (Fsp3) is 0.0588. The first-order chi connectivity index (χ1) is 13.4. The Morgan fingerprint density at radius 3 is 2.79 bits per heavy atom. The van der Waals surface area contributed by atoms with Crippen molar-refractivity contribution in [3.63, 3.8) is 0 Å². The summed E-state index contributed by atoms with van der Waals surface area (Å²) in [5.41, 5.74) is 1.08. The van der Waals surface area contributed by atoms with Crippen LogP contribution in [-0.2, 0) is 0 Å². The molecule has 1 heterocycles. The van der Waals surface area contributed by atoms with Gasteiger partial charge in [0.2, 0.25) is 0 Å². The molecule has 0 spiro atoms. The molecule has 144 valence electrons. The first kappa shape index (κ1) is 19.8. The van der Waals surface area contributed by atoms with Gasteiger partial charge in [0, 0.05) is 15.7 Å². The summed E-state index contributed by atoms with van der Waals surface area (Å²) < 4.78 is 15.9. The second-order valence-electron chi connectivity index (χ2n) is 5.57. The number of hydrogen-bond acceptors (Lipinski definition) is 6. The van der Waals surface area contributed by atoms with Crippen molar-refractivity contribution in [2.45, 2.75) is 6.92 Å². The normalized spacial score (nSPS) is 10.4. The second kappa shape index (κ2) is 8.36. The minimum atomic E-state index is -0.636. The molecule has 0 saturated heterocycles. The molecule has 0 saturated carbocycles. The van der Waals surface area contributed by atoms with Crippen LogP contribution in [0.25, 0.3) is 0 Å². The van der Waals surface area contributed by atoms with Crippen LogP contribution in [0.3, 0.4) is 0 Å². The Bertz CT molecular complexity index is 1040. The molecular formula is C17H14BrClFN7O. The van der Waals surface area contributed by atoms with Gasteiger partial charge in [-0.05, 0) is 42.6 Å². The van der Waals surface area contributed by atoms with E-state index in [1.165, 1.54) is 12.3 Å². The predicted molar refractivity (Wildman–Crippen MR) is 110 cm³/mol. The van der Waals surface area contributed by atoms with E-state index in [9.17, 15) is 4.79 Å². The molecular weight excluding hydrogens is 453 g/mol. The number of rotatable bonds is 6. The van der Waals surface area contributed by atoms with Crippen molar-refractivity contribution in [2.75, 3.05) is 16.0 Å². The van der Waals surface area contributed by atoms with E-state index in [0.717, 1.165) is 4.47 Å². The van der Waals surface area contributed by atoms with E-state index in [2.05, 4.69) is 59.1 Å². The summed E-state index contributed by atoms with van der Waals surface area (Å²) in [6.07, 6.45) is 1.39. The van der Waals surface area contributed by atoms with Crippen molar-refractivity contribution < 1.29 is 9.18 Å². The zero-order valence-electron chi connectivity index (χ0n) is 14.5. The summed E-state index contributed by atoms with van der Waals surface area (Å²) in [4.78, 5) is 12.7. The van der Waals surface area contributed by atoms with Gasteiger partial charge in [0.05, 0.1) is 22.0 Å². The van der Waals surface area contributed by atoms with E-state index < -0.39 is 11.7 Å². The van der Waals surface area contributed by atoms with Gasteiger partial charge in [-0.25, -0.2) is 4.39 Å². The maximum atomic E-state index is 15.2. The number of tetrazole rings is 1. The van der Waals surface area contributed by atoms with Crippen LogP contribution in [0.2, 0.25) is 5.02 Å². The maximum absolute atomic E-state index is 15.2. The Morgan fingerprint density at radius 2 is 2.14 bits per heavy atom. The minimum Gasteiger partial charge on any atom is -0.362 e. The molecule has 1 aromatic heterocycles. The van der Waals surface area contributed by atoms with Gasteiger partial charge in [-0.3, -0.25) is 10.1 Å². The summed E-state index contributed by atoms with van der Waals surface area (Å²) in [5, 5.41) is 21.4. The van der Waals surface area contributed by atoms with Crippen LogP contribution >= 0.6 is 27.5 Å². The molecule has 0 bridgehead atoms. The number of nitrogens with one attached hydrogen (secondary N) is 4. The molecule has 3 rings (SSSR count). The number of hydrogen-bond donors (Lipinski definition) is 4. The minimum absolute atomic E-state index is 0.0104. The molecule has 28 heavy (non-hydrogen) atoms. The van der Waals surface area contributed by atoms with E-state index in [4.69, 9.17) is 11.6 Å². The van der Waals surface area contributed by atoms with E-state index in [0.29, 0.717) is 22.0 Å². The van der Waals surface area contributed by atoms with Crippen LogP contribution in [0.4, 0.5) is 27.4 Å². The molecule has 11 heteroatoms. The van der Waals surface area contributed by atoms with Crippen LogP contribution in [0.1, 0.15) is 15.9 Å². The van der Waals surface area contributed by atoms with Crippen molar-refractivity contribution in [3.8, 4) is 0 Å². The molecule has 0 atom stereocenters. The Morgan fingerprint density at radius 1 is 1.36 bits per heavy atom. The zero-order valence-corrected chi connectivity index (χ0v) is 16.8. The molecule has 0 radical (unpaired) electrons. The highest BCUT2D eigenvalue weighted by atomic mass is 79.9. The number of halogens is 3. The van der Waals surface area contributed by atoms with Crippen molar-refractivity contribution in [1.82, 2.24) is 20.6 Å². The number of H-pyrrole nitrogens is 1. The summed E-state index contributed by atoms with van der Waals surface area (Å²) in [7, 11) is 0. The molecule has 0 fully saturated rings. The molecule has 0 aliphatic rings. The van der Waals surface area contributed by atoms with Crippen molar-refractivity contribution in [1.29, 1.82) is 0 Å². The molecule has 3 aromatic rings. The van der Waals surface area contributed by atoms with Gasteiger partial charge in [-0.15, -0.1) is 5.10 Å². The van der Waals surface area contributed by atoms with Gasteiger partial charge in [-0.2, -0.15) is 5.21 Å². The summed E-state index contributed by atoms with van der Waals surface area (Å²) in [6, 6.07) is 6.55. The number of carbonyl (C=O) groups excluding carboxylic acids is 1. The van der Waals surface area contributed by atoms with Crippen LogP contribution in [0, 0.1) is 12.7 Å². The smallest absolute Gasteiger partial charge is 0.270 e. The highest BCUT2D eigenvalue weighted by Crippen LogP contribution is 2.35. The predicted octanol–water partition coefficient (Wildman–Crippen LogP) is 4.61. The summed E-state index contributed by atoms with van der Waals surface area (Å²) >= 11 is 9.54. The second-order valence-corrected chi connectivity index (χ2v) is 6.90. The SMILES string of the molecule is C=CNc1cc(C(=O)Nc2nn[nH]n2)c(Nc2ccc(Br)cc2Cl)c(F)c1C. The topological polar surface area (TPSA) is 108 Å².